The van der Waals surface area contributed by atoms with Crippen molar-refractivity contribution in [3.05, 3.63) is 59.0 Å². The van der Waals surface area contributed by atoms with Gasteiger partial charge < -0.3 is 15.4 Å². The number of carboxylic acids is 1. The lowest BCUT2D eigenvalue weighted by atomic mass is 10.0. The molecule has 8 heteroatoms. The molecule has 0 aliphatic heterocycles. The van der Waals surface area contributed by atoms with Crippen LogP contribution in [0, 0.1) is 6.92 Å². The molecule has 3 N–H and O–H groups in total. The van der Waals surface area contributed by atoms with E-state index < -0.39 is 17.9 Å². The molecule has 4 rings (SSSR count). The average molecular weight is 368 g/mol. The number of hydrogen-bond donors (Lipinski definition) is 3. The normalized spacial score (nSPS) is 12.5. The van der Waals surface area contributed by atoms with Crippen LogP contribution >= 0.6 is 11.3 Å². The number of rotatable bonds is 5. The van der Waals surface area contributed by atoms with E-state index in [1.807, 2.05) is 37.4 Å². The summed E-state index contributed by atoms with van der Waals surface area (Å²) in [6.45, 7) is 1.96. The van der Waals surface area contributed by atoms with Gasteiger partial charge in [0.25, 0.3) is 5.91 Å². The lowest BCUT2D eigenvalue weighted by molar-refractivity contribution is -0.139. The number of para-hydroxylation sites is 1. The van der Waals surface area contributed by atoms with Crippen LogP contribution in [0.2, 0.25) is 0 Å². The van der Waals surface area contributed by atoms with Crippen molar-refractivity contribution < 1.29 is 14.7 Å². The first-order valence-electron chi connectivity index (χ1n) is 8.05. The number of thiazole rings is 1. The number of amides is 1. The van der Waals surface area contributed by atoms with Crippen molar-refractivity contribution in [2.24, 2.45) is 0 Å². The van der Waals surface area contributed by atoms with Crippen molar-refractivity contribution in [1.82, 2.24) is 19.7 Å². The van der Waals surface area contributed by atoms with Gasteiger partial charge >= 0.3 is 5.97 Å². The number of H-pyrrole nitrogens is 1. The molecule has 26 heavy (non-hydrogen) atoms. The summed E-state index contributed by atoms with van der Waals surface area (Å²) >= 11 is 1.47. The van der Waals surface area contributed by atoms with Crippen LogP contribution in [-0.4, -0.2) is 37.4 Å². The third kappa shape index (κ3) is 2.95. The molecule has 0 fully saturated rings. The summed E-state index contributed by atoms with van der Waals surface area (Å²) in [6.07, 6.45) is 5.46. The molecule has 0 aliphatic rings. The second-order valence-electron chi connectivity index (χ2n) is 6.09. The Balaban J connectivity index is 1.55. The molecule has 1 aromatic carbocycles. The molecule has 3 aromatic heterocycles. The number of carbonyl (C=O) groups is 2. The van der Waals surface area contributed by atoms with Gasteiger partial charge in [0.1, 0.15) is 11.7 Å². The number of benzene rings is 1. The van der Waals surface area contributed by atoms with E-state index in [1.54, 1.807) is 16.8 Å². The fourth-order valence-corrected chi connectivity index (χ4v) is 3.78. The Bertz CT molecular complexity index is 1090. The van der Waals surface area contributed by atoms with Crippen molar-refractivity contribution in [2.75, 3.05) is 0 Å². The third-order valence-corrected chi connectivity index (χ3v) is 5.12. The first kappa shape index (κ1) is 16.3. The van der Waals surface area contributed by atoms with Crippen LogP contribution < -0.4 is 5.32 Å². The zero-order valence-electron chi connectivity index (χ0n) is 13.9. The zero-order chi connectivity index (χ0) is 18.3. The highest BCUT2D eigenvalue weighted by molar-refractivity contribution is 7.17. The number of nitrogens with zero attached hydrogens (tertiary/aromatic N) is 2. The van der Waals surface area contributed by atoms with E-state index in [4.69, 9.17) is 0 Å². The van der Waals surface area contributed by atoms with Gasteiger partial charge in [0.2, 0.25) is 0 Å². The van der Waals surface area contributed by atoms with E-state index in [9.17, 15) is 14.7 Å². The third-order valence-electron chi connectivity index (χ3n) is 4.21. The van der Waals surface area contributed by atoms with Gasteiger partial charge in [0.05, 0.1) is 0 Å². The topological polar surface area (TPSA) is 99.5 Å². The van der Waals surface area contributed by atoms with Crippen LogP contribution in [0.15, 0.2) is 42.9 Å². The first-order valence-corrected chi connectivity index (χ1v) is 8.87. The van der Waals surface area contributed by atoms with E-state index in [1.165, 1.54) is 11.3 Å². The number of aromatic nitrogens is 3. The Kier molecular flexibility index (Phi) is 3.96. The van der Waals surface area contributed by atoms with Crippen molar-refractivity contribution in [3.63, 3.8) is 0 Å². The quantitative estimate of drug-likeness (QED) is 0.504. The van der Waals surface area contributed by atoms with E-state index in [0.717, 1.165) is 21.3 Å². The Hall–Kier alpha value is -3.13. The minimum atomic E-state index is -1.08. The molecule has 4 aromatic rings. The monoisotopic (exact) mass is 368 g/mol. The van der Waals surface area contributed by atoms with Crippen LogP contribution in [0.25, 0.3) is 15.9 Å². The number of aryl methyl sites for hydroxylation is 1. The van der Waals surface area contributed by atoms with Gasteiger partial charge in [-0.1, -0.05) is 18.2 Å². The molecule has 1 amide bonds. The molecular weight excluding hydrogens is 352 g/mol. The predicted octanol–water partition coefficient (Wildman–Crippen LogP) is 2.61. The number of imidazole rings is 1. The number of fused-ring (bicyclic) bond motifs is 2. The summed E-state index contributed by atoms with van der Waals surface area (Å²) in [5.41, 5.74) is 1.99. The van der Waals surface area contributed by atoms with Crippen LogP contribution in [0.5, 0.6) is 0 Å². The van der Waals surface area contributed by atoms with E-state index in [2.05, 4.69) is 15.3 Å². The van der Waals surface area contributed by atoms with Gasteiger partial charge in [0.15, 0.2) is 4.96 Å². The SMILES string of the molecule is Cc1cn2cc(C(=O)NC(Cc3c[nH]c4ccccc34)C(=O)O)nc2s1. The molecule has 0 saturated heterocycles. The first-order chi connectivity index (χ1) is 12.5. The largest absolute Gasteiger partial charge is 0.480 e. The highest BCUT2D eigenvalue weighted by atomic mass is 32.1. The molecule has 7 nitrogen and oxygen atoms in total. The molecule has 3 heterocycles. The van der Waals surface area contributed by atoms with E-state index >= 15 is 0 Å². The highest BCUT2D eigenvalue weighted by Crippen LogP contribution is 2.20. The fourth-order valence-electron chi connectivity index (χ4n) is 2.97. The summed E-state index contributed by atoms with van der Waals surface area (Å²) in [5, 5.41) is 13.1. The molecule has 0 bridgehead atoms. The van der Waals surface area contributed by atoms with E-state index in [0.29, 0.717) is 4.96 Å². The number of carbonyl (C=O) groups excluding carboxylic acids is 1. The molecule has 0 aliphatic carbocycles. The molecule has 1 unspecified atom stereocenters. The zero-order valence-corrected chi connectivity index (χ0v) is 14.7. The second-order valence-corrected chi connectivity index (χ2v) is 7.30. The van der Waals surface area contributed by atoms with Crippen molar-refractivity contribution >= 4 is 39.1 Å². The maximum Gasteiger partial charge on any atom is 0.326 e. The number of nitrogens with one attached hydrogen (secondary N) is 2. The minimum Gasteiger partial charge on any atom is -0.480 e. The van der Waals surface area contributed by atoms with Gasteiger partial charge in [-0.05, 0) is 18.6 Å². The standard InChI is InChI=1S/C18H16N4O3S/c1-10-8-22-9-15(21-18(22)26-10)16(23)20-14(17(24)25)6-11-7-19-13-5-3-2-4-12(11)13/h2-5,7-9,14,19H,6H2,1H3,(H,20,23)(H,24,25). The summed E-state index contributed by atoms with van der Waals surface area (Å²) in [7, 11) is 0. The van der Waals surface area contributed by atoms with Crippen molar-refractivity contribution in [1.29, 1.82) is 0 Å². The molecule has 0 spiro atoms. The summed E-state index contributed by atoms with van der Waals surface area (Å²) in [6, 6.07) is 6.61. The van der Waals surface area contributed by atoms with Crippen LogP contribution in [0.3, 0.4) is 0 Å². The predicted molar refractivity (Wildman–Crippen MR) is 98.7 cm³/mol. The molecule has 0 radical (unpaired) electrons. The van der Waals surface area contributed by atoms with Crippen LogP contribution in [0.4, 0.5) is 0 Å². The number of aliphatic carboxylic acids is 1. The number of carboxylic acid groups (broad SMARTS) is 1. The number of aromatic amines is 1. The van der Waals surface area contributed by atoms with Gasteiger partial charge in [-0.3, -0.25) is 9.20 Å². The Morgan fingerprint density at radius 3 is 2.92 bits per heavy atom. The smallest absolute Gasteiger partial charge is 0.326 e. The Morgan fingerprint density at radius 2 is 2.15 bits per heavy atom. The fraction of sp³-hybridized carbons (Fsp3) is 0.167. The second kappa shape index (κ2) is 6.30. The Morgan fingerprint density at radius 1 is 1.35 bits per heavy atom. The lowest BCUT2D eigenvalue weighted by Crippen LogP contribution is -2.42. The molecule has 132 valence electrons. The maximum atomic E-state index is 12.5. The van der Waals surface area contributed by atoms with Crippen LogP contribution in [-0.2, 0) is 11.2 Å². The lowest BCUT2D eigenvalue weighted by Gasteiger charge is -2.13. The van der Waals surface area contributed by atoms with Crippen LogP contribution in [0.1, 0.15) is 20.9 Å². The van der Waals surface area contributed by atoms with Gasteiger partial charge in [-0.15, -0.1) is 11.3 Å². The average Bonchev–Trinajstić information content (AvgIpc) is 3.27. The highest BCUT2D eigenvalue weighted by Gasteiger charge is 2.24. The minimum absolute atomic E-state index is 0.187. The van der Waals surface area contributed by atoms with E-state index in [-0.39, 0.29) is 12.1 Å². The maximum absolute atomic E-state index is 12.5. The summed E-state index contributed by atoms with van der Waals surface area (Å²) < 4.78 is 1.77. The van der Waals surface area contributed by atoms with Gasteiger partial charge in [0, 0.05) is 40.8 Å². The summed E-state index contributed by atoms with van der Waals surface area (Å²) in [5.74, 6) is -1.58. The molecule has 1 atom stereocenters. The van der Waals surface area contributed by atoms with Gasteiger partial charge in [-0.2, -0.15) is 0 Å². The van der Waals surface area contributed by atoms with Crippen molar-refractivity contribution in [3.8, 4) is 0 Å². The molecular formula is C18H16N4O3S. The van der Waals surface area contributed by atoms with Gasteiger partial charge in [-0.25, -0.2) is 9.78 Å². The van der Waals surface area contributed by atoms with Crippen molar-refractivity contribution in [2.45, 2.75) is 19.4 Å². The Labute approximate surface area is 152 Å². The number of hydrogen-bond acceptors (Lipinski definition) is 4. The summed E-state index contributed by atoms with van der Waals surface area (Å²) in [4.78, 5) is 33.3. The molecule has 0 saturated carbocycles.